The van der Waals surface area contributed by atoms with Gasteiger partial charge in [-0.25, -0.2) is 0 Å². The van der Waals surface area contributed by atoms with Crippen molar-refractivity contribution < 1.29 is 4.74 Å². The highest BCUT2D eigenvalue weighted by Crippen LogP contribution is 2.37. The summed E-state index contributed by atoms with van der Waals surface area (Å²) in [5.41, 5.74) is 0. The van der Waals surface area contributed by atoms with E-state index in [0.29, 0.717) is 0 Å². The summed E-state index contributed by atoms with van der Waals surface area (Å²) >= 11 is 0. The molecule has 114 valence electrons. The van der Waals surface area contributed by atoms with Crippen LogP contribution in [0.4, 0.5) is 0 Å². The average molecular weight is 261 g/mol. The molecule has 3 atom stereocenters. The van der Waals surface area contributed by atoms with Crippen LogP contribution in [0.2, 0.25) is 0 Å². The van der Waals surface area contributed by atoms with Crippen molar-refractivity contribution in [2.75, 3.05) is 13.2 Å². The Hall–Kier alpha value is -0.0400. The standard InChI is InChI=1S/C11H22O.3C2H6/c1-4-12-6-5-11-8-9(2)7-10(11)3;3*1-2/h9-11H,4-8H2,1-3H3;3*1-2H3. The molecule has 1 aliphatic carbocycles. The largest absolute Gasteiger partial charge is 0.382 e. The molecule has 1 fully saturated rings. The van der Waals surface area contributed by atoms with Crippen LogP contribution in [0.15, 0.2) is 0 Å². The molecule has 1 heteroatoms. The zero-order chi connectivity index (χ0) is 15.0. The van der Waals surface area contributed by atoms with E-state index in [1.54, 1.807) is 0 Å². The fraction of sp³-hybridized carbons (Fsp3) is 1.00. The Bertz CT molecular complexity index is 123. The average Bonchev–Trinajstić information content (AvgIpc) is 2.75. The maximum atomic E-state index is 5.38. The summed E-state index contributed by atoms with van der Waals surface area (Å²) in [5, 5.41) is 0. The van der Waals surface area contributed by atoms with Gasteiger partial charge in [0, 0.05) is 13.2 Å². The minimum Gasteiger partial charge on any atom is -0.382 e. The smallest absolute Gasteiger partial charge is 0.0468 e. The lowest BCUT2D eigenvalue weighted by Crippen LogP contribution is -2.07. The third-order valence-electron chi connectivity index (χ3n) is 3.12. The molecule has 0 amide bonds. The third-order valence-corrected chi connectivity index (χ3v) is 3.12. The van der Waals surface area contributed by atoms with Gasteiger partial charge in [0.25, 0.3) is 0 Å². The van der Waals surface area contributed by atoms with Crippen molar-refractivity contribution in [1.82, 2.24) is 0 Å². The lowest BCUT2D eigenvalue weighted by Gasteiger charge is -2.14. The Morgan fingerprint density at radius 3 is 1.72 bits per heavy atom. The Morgan fingerprint density at radius 1 is 0.889 bits per heavy atom. The van der Waals surface area contributed by atoms with E-state index in [9.17, 15) is 0 Å². The summed E-state index contributed by atoms with van der Waals surface area (Å²) < 4.78 is 5.38. The van der Waals surface area contributed by atoms with E-state index >= 15 is 0 Å². The van der Waals surface area contributed by atoms with Crippen LogP contribution in [0.5, 0.6) is 0 Å². The van der Waals surface area contributed by atoms with Crippen molar-refractivity contribution >= 4 is 0 Å². The predicted octanol–water partition coefficient (Wildman–Crippen LogP) is 6.17. The highest BCUT2D eigenvalue weighted by molar-refractivity contribution is 4.78. The molecule has 0 heterocycles. The first-order valence-electron chi connectivity index (χ1n) is 8.31. The quantitative estimate of drug-likeness (QED) is 0.549. The molecule has 0 spiro atoms. The van der Waals surface area contributed by atoms with Gasteiger partial charge in [0.15, 0.2) is 0 Å². The molecule has 1 aliphatic rings. The van der Waals surface area contributed by atoms with Gasteiger partial charge in [-0.2, -0.15) is 0 Å². The second-order valence-corrected chi connectivity index (χ2v) is 4.30. The summed E-state index contributed by atoms with van der Waals surface area (Å²) in [6.45, 7) is 20.7. The highest BCUT2D eigenvalue weighted by atomic mass is 16.5. The first-order valence-corrected chi connectivity index (χ1v) is 8.31. The maximum Gasteiger partial charge on any atom is 0.0468 e. The molecule has 0 aromatic carbocycles. The molecule has 18 heavy (non-hydrogen) atoms. The van der Waals surface area contributed by atoms with E-state index in [1.165, 1.54) is 19.3 Å². The highest BCUT2D eigenvalue weighted by Gasteiger charge is 2.27. The van der Waals surface area contributed by atoms with Crippen LogP contribution in [0.3, 0.4) is 0 Å². The Kier molecular flexibility index (Phi) is 24.8. The summed E-state index contributed by atoms with van der Waals surface area (Å²) in [6.07, 6.45) is 4.13. The van der Waals surface area contributed by atoms with Crippen LogP contribution in [-0.4, -0.2) is 13.2 Å². The fourth-order valence-corrected chi connectivity index (χ4v) is 2.45. The first-order chi connectivity index (χ1) is 8.74. The van der Waals surface area contributed by atoms with E-state index in [4.69, 9.17) is 4.74 Å². The SMILES string of the molecule is CC.CC.CC.CCOCCC1CC(C)CC1C. The molecule has 0 saturated heterocycles. The van der Waals surface area contributed by atoms with Gasteiger partial charge in [-0.05, 0) is 43.9 Å². The molecular weight excluding hydrogens is 220 g/mol. The van der Waals surface area contributed by atoms with Gasteiger partial charge in [0.05, 0.1) is 0 Å². The van der Waals surface area contributed by atoms with Crippen LogP contribution in [-0.2, 0) is 4.74 Å². The van der Waals surface area contributed by atoms with Crippen molar-refractivity contribution in [1.29, 1.82) is 0 Å². The maximum absolute atomic E-state index is 5.38. The fourth-order valence-electron chi connectivity index (χ4n) is 2.45. The predicted molar refractivity (Wildman–Crippen MR) is 86.2 cm³/mol. The molecule has 0 radical (unpaired) electrons. The van der Waals surface area contributed by atoms with Gasteiger partial charge in [0.2, 0.25) is 0 Å². The first kappa shape index (κ1) is 23.1. The molecule has 0 N–H and O–H groups in total. The Balaban J connectivity index is -0.000000328. The van der Waals surface area contributed by atoms with Gasteiger partial charge >= 0.3 is 0 Å². The van der Waals surface area contributed by atoms with Gasteiger partial charge in [-0.3, -0.25) is 0 Å². The van der Waals surface area contributed by atoms with E-state index in [0.717, 1.165) is 31.0 Å². The van der Waals surface area contributed by atoms with E-state index in [1.807, 2.05) is 41.5 Å². The molecule has 0 aromatic rings. The topological polar surface area (TPSA) is 9.23 Å². The third kappa shape index (κ3) is 12.4. The summed E-state index contributed by atoms with van der Waals surface area (Å²) in [4.78, 5) is 0. The minimum absolute atomic E-state index is 0.872. The summed E-state index contributed by atoms with van der Waals surface area (Å²) in [7, 11) is 0. The lowest BCUT2D eigenvalue weighted by molar-refractivity contribution is 0.126. The second-order valence-electron chi connectivity index (χ2n) is 4.30. The monoisotopic (exact) mass is 260 g/mol. The van der Waals surface area contributed by atoms with E-state index in [-0.39, 0.29) is 0 Å². The molecule has 0 aliphatic heterocycles. The molecule has 1 saturated carbocycles. The summed E-state index contributed by atoms with van der Waals surface area (Å²) in [5.74, 6) is 2.82. The minimum atomic E-state index is 0.872. The number of rotatable bonds is 4. The van der Waals surface area contributed by atoms with Crippen molar-refractivity contribution in [3.8, 4) is 0 Å². The molecule has 3 unspecified atom stereocenters. The molecule has 0 aromatic heterocycles. The molecule has 1 rings (SSSR count). The van der Waals surface area contributed by atoms with Crippen LogP contribution in [0.1, 0.15) is 81.6 Å². The normalized spacial score (nSPS) is 24.8. The van der Waals surface area contributed by atoms with Crippen LogP contribution in [0.25, 0.3) is 0 Å². The number of hydrogen-bond donors (Lipinski definition) is 0. The van der Waals surface area contributed by atoms with Gasteiger partial charge < -0.3 is 4.74 Å². The van der Waals surface area contributed by atoms with Crippen molar-refractivity contribution in [2.45, 2.75) is 81.6 Å². The Morgan fingerprint density at radius 2 is 1.39 bits per heavy atom. The van der Waals surface area contributed by atoms with Crippen molar-refractivity contribution in [3.05, 3.63) is 0 Å². The van der Waals surface area contributed by atoms with Crippen molar-refractivity contribution in [3.63, 3.8) is 0 Å². The van der Waals surface area contributed by atoms with Crippen LogP contribution >= 0.6 is 0 Å². The molecular formula is C17H40O. The van der Waals surface area contributed by atoms with Gasteiger partial charge in [-0.1, -0.05) is 55.4 Å². The second kappa shape index (κ2) is 19.3. The number of hydrogen-bond acceptors (Lipinski definition) is 1. The zero-order valence-electron chi connectivity index (χ0n) is 14.7. The lowest BCUT2D eigenvalue weighted by atomic mass is 9.95. The Labute approximate surface area is 118 Å². The van der Waals surface area contributed by atoms with Gasteiger partial charge in [-0.15, -0.1) is 0 Å². The van der Waals surface area contributed by atoms with Gasteiger partial charge in [0.1, 0.15) is 0 Å². The molecule has 1 nitrogen and oxygen atoms in total. The van der Waals surface area contributed by atoms with Crippen molar-refractivity contribution in [2.24, 2.45) is 17.8 Å². The van der Waals surface area contributed by atoms with E-state index in [2.05, 4.69) is 20.8 Å². The van der Waals surface area contributed by atoms with E-state index < -0.39 is 0 Å². The zero-order valence-corrected chi connectivity index (χ0v) is 14.7. The molecule has 0 bridgehead atoms. The number of ether oxygens (including phenoxy) is 1. The van der Waals surface area contributed by atoms with Crippen LogP contribution < -0.4 is 0 Å². The summed E-state index contributed by atoms with van der Waals surface area (Å²) in [6, 6.07) is 0. The van der Waals surface area contributed by atoms with Crippen LogP contribution in [0, 0.1) is 17.8 Å².